The third kappa shape index (κ3) is 5.86. The number of esters is 1. The van der Waals surface area contributed by atoms with Crippen LogP contribution >= 0.6 is 11.6 Å². The van der Waals surface area contributed by atoms with E-state index in [0.29, 0.717) is 29.8 Å². The number of ether oxygens (including phenoxy) is 1. The molecule has 1 unspecified atom stereocenters. The molecule has 0 bridgehead atoms. The highest BCUT2D eigenvalue weighted by Gasteiger charge is 2.40. The van der Waals surface area contributed by atoms with Crippen LogP contribution in [0.1, 0.15) is 49.3 Å². The number of nitrogens with zero attached hydrogens (tertiary/aromatic N) is 4. The molecule has 0 saturated carbocycles. The van der Waals surface area contributed by atoms with Gasteiger partial charge in [-0.2, -0.15) is 0 Å². The minimum Gasteiger partial charge on any atom is -0.465 e. The minimum absolute atomic E-state index is 0.0457. The molecule has 182 valence electrons. The molecule has 0 amide bonds. The average molecular weight is 497 g/mol. The van der Waals surface area contributed by atoms with Crippen LogP contribution in [-0.4, -0.2) is 38.5 Å². The van der Waals surface area contributed by atoms with Gasteiger partial charge < -0.3 is 10.1 Å². The normalized spacial score (nSPS) is 12.5. The van der Waals surface area contributed by atoms with Crippen LogP contribution in [0.15, 0.2) is 55.3 Å². The summed E-state index contributed by atoms with van der Waals surface area (Å²) in [4.78, 5) is 21.3. The van der Waals surface area contributed by atoms with Crippen LogP contribution in [0.25, 0.3) is 0 Å². The fraction of sp³-hybridized carbons (Fsp3) is 0.280. The van der Waals surface area contributed by atoms with Crippen LogP contribution in [-0.2, 0) is 21.5 Å². The van der Waals surface area contributed by atoms with Crippen LogP contribution in [0, 0.1) is 11.2 Å². The van der Waals surface area contributed by atoms with Crippen molar-refractivity contribution < 1.29 is 13.9 Å². The molecular weight excluding hydrogens is 471 g/mol. The van der Waals surface area contributed by atoms with E-state index in [9.17, 15) is 9.18 Å². The summed E-state index contributed by atoms with van der Waals surface area (Å²) in [6.07, 6.45) is 4.13. The lowest BCUT2D eigenvalue weighted by Gasteiger charge is -2.26. The number of hydrogen-bond acceptors (Lipinski definition) is 8. The Morgan fingerprint density at radius 1 is 1.29 bits per heavy atom. The van der Waals surface area contributed by atoms with Crippen molar-refractivity contribution in [1.29, 1.82) is 5.41 Å². The first-order valence-corrected chi connectivity index (χ1v) is 11.4. The van der Waals surface area contributed by atoms with Crippen molar-refractivity contribution in [2.45, 2.75) is 38.6 Å². The first-order chi connectivity index (χ1) is 16.8. The largest absolute Gasteiger partial charge is 0.465 e. The number of carbonyl (C=O) groups is 1. The highest BCUT2D eigenvalue weighted by molar-refractivity contribution is 6.30. The predicted molar refractivity (Wildman–Crippen MR) is 132 cm³/mol. The summed E-state index contributed by atoms with van der Waals surface area (Å²) in [5.41, 5.74) is -0.255. The fourth-order valence-corrected chi connectivity index (χ4v) is 3.76. The van der Waals surface area contributed by atoms with E-state index < -0.39 is 11.4 Å². The summed E-state index contributed by atoms with van der Waals surface area (Å²) in [7, 11) is 0. The highest BCUT2D eigenvalue weighted by atomic mass is 35.5. The minimum atomic E-state index is -1.18. The molecule has 1 atom stereocenters. The smallest absolute Gasteiger partial charge is 0.318 e. The number of aromatic nitrogens is 4. The molecule has 2 N–H and O–H groups in total. The van der Waals surface area contributed by atoms with Gasteiger partial charge >= 0.3 is 5.97 Å². The summed E-state index contributed by atoms with van der Waals surface area (Å²) in [6, 6.07) is 9.72. The number of halogens is 2. The number of nitrogens with one attached hydrogen (secondary N) is 2. The van der Waals surface area contributed by atoms with Gasteiger partial charge in [-0.05, 0) is 44.9 Å². The predicted octanol–water partition coefficient (Wildman–Crippen LogP) is 4.87. The third-order valence-electron chi connectivity index (χ3n) is 5.45. The maximum absolute atomic E-state index is 14.0. The number of hydrogen-bond donors (Lipinski definition) is 2. The molecule has 0 spiro atoms. The van der Waals surface area contributed by atoms with E-state index in [1.165, 1.54) is 6.07 Å². The van der Waals surface area contributed by atoms with Crippen LogP contribution < -0.4 is 5.32 Å². The van der Waals surface area contributed by atoms with Crippen molar-refractivity contribution in [2.24, 2.45) is 0 Å². The molecule has 0 aliphatic carbocycles. The Morgan fingerprint density at radius 3 is 2.74 bits per heavy atom. The Morgan fingerprint density at radius 2 is 2.06 bits per heavy atom. The van der Waals surface area contributed by atoms with Gasteiger partial charge in [-0.15, -0.1) is 16.8 Å². The van der Waals surface area contributed by atoms with Crippen LogP contribution in [0.3, 0.4) is 0 Å². The van der Waals surface area contributed by atoms with Crippen molar-refractivity contribution in [2.75, 3.05) is 11.9 Å². The van der Waals surface area contributed by atoms with Crippen molar-refractivity contribution in [3.63, 3.8) is 0 Å². The molecule has 0 radical (unpaired) electrons. The molecule has 0 fully saturated rings. The molecule has 8 nitrogen and oxygen atoms in total. The number of allylic oxidation sites excluding steroid dienone is 1. The van der Waals surface area contributed by atoms with Crippen LogP contribution in [0.4, 0.5) is 10.2 Å². The first-order valence-electron chi connectivity index (χ1n) is 11.0. The van der Waals surface area contributed by atoms with Crippen molar-refractivity contribution in [3.05, 3.63) is 88.9 Å². The molecule has 3 aromatic rings. The van der Waals surface area contributed by atoms with E-state index in [2.05, 4.69) is 32.1 Å². The summed E-state index contributed by atoms with van der Waals surface area (Å²) in [5.74, 6) is -0.527. The standard InChI is InChI=1S/C25H26ClFN6O2/c1-4-6-13-25(3,24(34)35-5-2)20-21(26)31-23(33-32-20)19(28)17-11-9-14-29-22(17)30-15-16-10-7-8-12-18(16)27/h4,7-12,14,28H,1,5-6,13,15H2,2-3H3,(H,29,30). The van der Waals surface area contributed by atoms with Gasteiger partial charge in [0, 0.05) is 23.9 Å². The molecule has 10 heteroatoms. The quantitative estimate of drug-likeness (QED) is 0.221. The lowest BCUT2D eigenvalue weighted by atomic mass is 9.82. The Bertz CT molecular complexity index is 1240. The second-order valence-corrected chi connectivity index (χ2v) is 8.23. The molecule has 0 aliphatic heterocycles. The van der Waals surface area contributed by atoms with Gasteiger partial charge in [0.15, 0.2) is 5.15 Å². The summed E-state index contributed by atoms with van der Waals surface area (Å²) in [6.45, 7) is 7.46. The van der Waals surface area contributed by atoms with Gasteiger partial charge in [0.05, 0.1) is 6.61 Å². The van der Waals surface area contributed by atoms with Crippen molar-refractivity contribution in [3.8, 4) is 0 Å². The number of carbonyl (C=O) groups excluding carboxylic acids is 1. The van der Waals surface area contributed by atoms with Gasteiger partial charge in [-0.1, -0.05) is 35.9 Å². The van der Waals surface area contributed by atoms with Crippen LogP contribution in [0.5, 0.6) is 0 Å². The van der Waals surface area contributed by atoms with E-state index in [1.54, 1.807) is 56.5 Å². The molecule has 1 aromatic carbocycles. The summed E-state index contributed by atoms with van der Waals surface area (Å²) >= 11 is 6.45. The van der Waals surface area contributed by atoms with E-state index in [0.717, 1.165) is 0 Å². The molecule has 0 saturated heterocycles. The Kier molecular flexibility index (Phi) is 8.59. The topological polar surface area (TPSA) is 114 Å². The lowest BCUT2D eigenvalue weighted by molar-refractivity contribution is -0.150. The number of benzene rings is 1. The van der Waals surface area contributed by atoms with Gasteiger partial charge in [0.1, 0.15) is 28.5 Å². The summed E-state index contributed by atoms with van der Waals surface area (Å²) in [5, 5.41) is 19.9. The van der Waals surface area contributed by atoms with E-state index in [4.69, 9.17) is 21.7 Å². The molecular formula is C25H26ClFN6O2. The van der Waals surface area contributed by atoms with Gasteiger partial charge in [-0.3, -0.25) is 10.2 Å². The zero-order valence-electron chi connectivity index (χ0n) is 19.5. The highest BCUT2D eigenvalue weighted by Crippen LogP contribution is 2.33. The van der Waals surface area contributed by atoms with Gasteiger partial charge in [0.2, 0.25) is 5.82 Å². The lowest BCUT2D eigenvalue weighted by Crippen LogP contribution is -2.36. The monoisotopic (exact) mass is 496 g/mol. The third-order valence-corrected chi connectivity index (χ3v) is 5.71. The SMILES string of the molecule is C=CCCC(C)(C(=O)OCC)c1nnc(C(=N)c2cccnc2NCc2ccccc2F)nc1Cl. The number of rotatable bonds is 11. The van der Waals surface area contributed by atoms with Crippen molar-refractivity contribution >= 4 is 29.1 Å². The Labute approximate surface area is 208 Å². The summed E-state index contributed by atoms with van der Waals surface area (Å²) < 4.78 is 19.2. The maximum atomic E-state index is 14.0. The number of anilines is 1. The van der Waals surface area contributed by atoms with E-state index >= 15 is 0 Å². The fourth-order valence-electron chi connectivity index (χ4n) is 3.44. The molecule has 2 heterocycles. The first kappa shape index (κ1) is 25.9. The number of pyridine rings is 1. The maximum Gasteiger partial charge on any atom is 0.318 e. The van der Waals surface area contributed by atoms with Crippen LogP contribution in [0.2, 0.25) is 5.15 Å². The van der Waals surface area contributed by atoms with Gasteiger partial charge in [-0.25, -0.2) is 14.4 Å². The van der Waals surface area contributed by atoms with E-state index in [1.807, 2.05) is 0 Å². The second kappa shape index (κ2) is 11.6. The van der Waals surface area contributed by atoms with Gasteiger partial charge in [0.25, 0.3) is 0 Å². The Hall–Kier alpha value is -3.72. The zero-order valence-corrected chi connectivity index (χ0v) is 20.3. The zero-order chi connectivity index (χ0) is 25.4. The average Bonchev–Trinajstić information content (AvgIpc) is 2.86. The van der Waals surface area contributed by atoms with E-state index in [-0.39, 0.29) is 41.4 Å². The molecule has 2 aromatic heterocycles. The van der Waals surface area contributed by atoms with Crippen molar-refractivity contribution in [1.82, 2.24) is 20.2 Å². The molecule has 3 rings (SSSR count). The Balaban J connectivity index is 1.90. The second-order valence-electron chi connectivity index (χ2n) is 7.87. The molecule has 35 heavy (non-hydrogen) atoms. The molecule has 0 aliphatic rings.